The molecule has 0 saturated carbocycles. The molecule has 1 saturated heterocycles. The Labute approximate surface area is 120 Å². The minimum atomic E-state index is -4.75. The minimum Gasteiger partial charge on any atom is -0.406 e. The average molecular weight is 303 g/mol. The van der Waals surface area contributed by atoms with Gasteiger partial charge in [0.05, 0.1) is 6.10 Å². The third-order valence-corrected chi connectivity index (χ3v) is 3.48. The zero-order valence-electron chi connectivity index (χ0n) is 11.4. The van der Waals surface area contributed by atoms with Crippen molar-refractivity contribution in [1.82, 2.24) is 4.90 Å². The van der Waals surface area contributed by atoms with E-state index >= 15 is 0 Å². The van der Waals surface area contributed by atoms with Crippen LogP contribution in [0.4, 0.5) is 13.2 Å². The van der Waals surface area contributed by atoms with Gasteiger partial charge in [-0.2, -0.15) is 0 Å². The largest absolute Gasteiger partial charge is 0.573 e. The van der Waals surface area contributed by atoms with Gasteiger partial charge >= 0.3 is 6.36 Å². The lowest BCUT2D eigenvalue weighted by Crippen LogP contribution is -2.44. The van der Waals surface area contributed by atoms with E-state index in [0.717, 1.165) is 12.1 Å². The zero-order chi connectivity index (χ0) is 15.6. The van der Waals surface area contributed by atoms with Crippen molar-refractivity contribution in [2.45, 2.75) is 25.8 Å². The van der Waals surface area contributed by atoms with Gasteiger partial charge < -0.3 is 14.7 Å². The molecule has 2 unspecified atom stereocenters. The number of benzene rings is 1. The van der Waals surface area contributed by atoms with E-state index in [0.29, 0.717) is 25.1 Å². The molecule has 0 bridgehead atoms. The number of rotatable bonds is 2. The number of piperidine rings is 1. The van der Waals surface area contributed by atoms with Crippen molar-refractivity contribution in [2.75, 3.05) is 13.1 Å². The van der Waals surface area contributed by atoms with E-state index in [9.17, 15) is 23.1 Å². The number of ether oxygens (including phenoxy) is 1. The second kappa shape index (κ2) is 5.93. The lowest BCUT2D eigenvalue weighted by atomic mass is 9.96. The number of amides is 1. The standard InChI is InChI=1S/C14H16F3NO3/c1-9-8-18(7-6-12(9)19)13(20)10-2-4-11(5-3-10)21-14(15,16)17/h2-5,9,12,19H,6-8H2,1H3. The van der Waals surface area contributed by atoms with Crippen LogP contribution in [0.5, 0.6) is 5.75 Å². The van der Waals surface area contributed by atoms with Crippen molar-refractivity contribution in [2.24, 2.45) is 5.92 Å². The SMILES string of the molecule is CC1CN(C(=O)c2ccc(OC(F)(F)F)cc2)CCC1O. The summed E-state index contributed by atoms with van der Waals surface area (Å²) in [6, 6.07) is 4.84. The van der Waals surface area contributed by atoms with Crippen LogP contribution in [0, 0.1) is 5.92 Å². The maximum Gasteiger partial charge on any atom is 0.573 e. The minimum absolute atomic E-state index is 0.0180. The molecule has 1 heterocycles. The Morgan fingerprint density at radius 2 is 1.95 bits per heavy atom. The molecule has 0 aromatic heterocycles. The van der Waals surface area contributed by atoms with E-state index in [1.165, 1.54) is 12.1 Å². The smallest absolute Gasteiger partial charge is 0.406 e. The summed E-state index contributed by atoms with van der Waals surface area (Å²) in [6.45, 7) is 2.72. The fourth-order valence-electron chi connectivity index (χ4n) is 2.30. The van der Waals surface area contributed by atoms with Crippen LogP contribution in [0.3, 0.4) is 0 Å². The van der Waals surface area contributed by atoms with Gasteiger partial charge in [0, 0.05) is 18.7 Å². The van der Waals surface area contributed by atoms with Gasteiger partial charge in [0.1, 0.15) is 5.75 Å². The second-order valence-electron chi connectivity index (χ2n) is 5.16. The van der Waals surface area contributed by atoms with Crippen molar-refractivity contribution in [3.63, 3.8) is 0 Å². The second-order valence-corrected chi connectivity index (χ2v) is 5.16. The number of likely N-dealkylation sites (tertiary alicyclic amines) is 1. The van der Waals surface area contributed by atoms with Crippen molar-refractivity contribution in [3.8, 4) is 5.75 Å². The Hall–Kier alpha value is -1.76. The van der Waals surface area contributed by atoms with E-state index < -0.39 is 12.5 Å². The number of nitrogens with zero attached hydrogens (tertiary/aromatic N) is 1. The zero-order valence-corrected chi connectivity index (χ0v) is 11.4. The van der Waals surface area contributed by atoms with E-state index in [1.54, 1.807) is 4.90 Å². The fraction of sp³-hybridized carbons (Fsp3) is 0.500. The third-order valence-electron chi connectivity index (χ3n) is 3.48. The van der Waals surface area contributed by atoms with Gasteiger partial charge in [0.25, 0.3) is 5.91 Å². The Morgan fingerprint density at radius 1 is 1.33 bits per heavy atom. The van der Waals surface area contributed by atoms with Crippen LogP contribution in [0.25, 0.3) is 0 Å². The van der Waals surface area contributed by atoms with Crippen molar-refractivity contribution >= 4 is 5.91 Å². The van der Waals surface area contributed by atoms with Crippen LogP contribution < -0.4 is 4.74 Å². The summed E-state index contributed by atoms with van der Waals surface area (Å²) in [4.78, 5) is 13.8. The maximum atomic E-state index is 12.2. The molecule has 0 radical (unpaired) electrons. The predicted molar refractivity (Wildman–Crippen MR) is 68.8 cm³/mol. The highest BCUT2D eigenvalue weighted by Crippen LogP contribution is 2.24. The number of carbonyl (C=O) groups excluding carboxylic acids is 1. The molecule has 21 heavy (non-hydrogen) atoms. The molecule has 1 amide bonds. The summed E-state index contributed by atoms with van der Waals surface area (Å²) in [5.41, 5.74) is 0.299. The molecule has 7 heteroatoms. The van der Waals surface area contributed by atoms with E-state index in [2.05, 4.69) is 4.74 Å². The van der Waals surface area contributed by atoms with Crippen LogP contribution in [0.2, 0.25) is 0 Å². The maximum absolute atomic E-state index is 12.2. The summed E-state index contributed by atoms with van der Waals surface area (Å²) >= 11 is 0. The molecular formula is C14H16F3NO3. The molecule has 116 valence electrons. The van der Waals surface area contributed by atoms with Gasteiger partial charge in [0.15, 0.2) is 0 Å². The summed E-state index contributed by atoms with van der Waals surface area (Å²) < 4.78 is 39.9. The van der Waals surface area contributed by atoms with Gasteiger partial charge in [-0.25, -0.2) is 0 Å². The van der Waals surface area contributed by atoms with Crippen molar-refractivity contribution < 1.29 is 27.8 Å². The molecule has 0 aliphatic carbocycles. The summed E-state index contributed by atoms with van der Waals surface area (Å²) in [5, 5.41) is 9.63. The van der Waals surface area contributed by atoms with Gasteiger partial charge in [-0.15, -0.1) is 13.2 Å². The quantitative estimate of drug-likeness (QED) is 0.913. The first kappa shape index (κ1) is 15.6. The van der Waals surface area contributed by atoms with Crippen LogP contribution in [-0.2, 0) is 0 Å². The van der Waals surface area contributed by atoms with E-state index in [4.69, 9.17) is 0 Å². The summed E-state index contributed by atoms with van der Waals surface area (Å²) in [5.74, 6) is -0.635. The molecule has 1 aliphatic rings. The first-order valence-corrected chi connectivity index (χ1v) is 6.59. The molecule has 4 nitrogen and oxygen atoms in total. The topological polar surface area (TPSA) is 49.8 Å². The molecular weight excluding hydrogens is 287 g/mol. The highest BCUT2D eigenvalue weighted by Gasteiger charge is 2.31. The summed E-state index contributed by atoms with van der Waals surface area (Å²) in [7, 11) is 0. The molecule has 2 rings (SSSR count). The normalized spacial score (nSPS) is 23.0. The van der Waals surface area contributed by atoms with Crippen LogP contribution >= 0.6 is 0 Å². The number of carbonyl (C=O) groups is 1. The van der Waals surface area contributed by atoms with Crippen LogP contribution in [0.1, 0.15) is 23.7 Å². The number of aliphatic hydroxyl groups is 1. The van der Waals surface area contributed by atoms with Gasteiger partial charge in [0.2, 0.25) is 0 Å². The predicted octanol–water partition coefficient (Wildman–Crippen LogP) is 2.43. The Bertz CT molecular complexity index is 501. The van der Waals surface area contributed by atoms with E-state index in [-0.39, 0.29) is 17.6 Å². The molecule has 1 aliphatic heterocycles. The highest BCUT2D eigenvalue weighted by molar-refractivity contribution is 5.94. The molecule has 1 fully saturated rings. The van der Waals surface area contributed by atoms with Gasteiger partial charge in [-0.3, -0.25) is 4.79 Å². The molecule has 1 N–H and O–H groups in total. The van der Waals surface area contributed by atoms with Gasteiger partial charge in [-0.1, -0.05) is 6.92 Å². The number of hydrogen-bond donors (Lipinski definition) is 1. The fourth-order valence-corrected chi connectivity index (χ4v) is 2.30. The molecule has 1 aromatic rings. The third kappa shape index (κ3) is 4.10. The molecule has 2 atom stereocenters. The average Bonchev–Trinajstić information content (AvgIpc) is 2.40. The van der Waals surface area contributed by atoms with Gasteiger partial charge in [-0.05, 0) is 36.6 Å². The highest BCUT2D eigenvalue weighted by atomic mass is 19.4. The summed E-state index contributed by atoms with van der Waals surface area (Å²) in [6.07, 6.45) is -4.66. The molecule has 1 aromatic carbocycles. The first-order chi connectivity index (χ1) is 9.76. The lowest BCUT2D eigenvalue weighted by molar-refractivity contribution is -0.274. The molecule has 0 spiro atoms. The monoisotopic (exact) mass is 303 g/mol. The van der Waals surface area contributed by atoms with Crippen LogP contribution in [-0.4, -0.2) is 41.5 Å². The number of halogens is 3. The number of alkyl halides is 3. The Kier molecular flexibility index (Phi) is 4.41. The van der Waals surface area contributed by atoms with Crippen molar-refractivity contribution in [1.29, 1.82) is 0 Å². The number of aliphatic hydroxyl groups excluding tert-OH is 1. The van der Waals surface area contributed by atoms with Crippen LogP contribution in [0.15, 0.2) is 24.3 Å². The number of hydrogen-bond acceptors (Lipinski definition) is 3. The van der Waals surface area contributed by atoms with Crippen molar-refractivity contribution in [3.05, 3.63) is 29.8 Å². The first-order valence-electron chi connectivity index (χ1n) is 6.59. The Morgan fingerprint density at radius 3 is 2.48 bits per heavy atom. The Balaban J connectivity index is 2.03. The van der Waals surface area contributed by atoms with E-state index in [1.807, 2.05) is 6.92 Å². The lowest BCUT2D eigenvalue weighted by Gasteiger charge is -2.34.